The summed E-state index contributed by atoms with van der Waals surface area (Å²) in [5, 5.41) is 0. The van der Waals surface area contributed by atoms with Crippen molar-refractivity contribution in [1.29, 1.82) is 0 Å². The zero-order valence-electron chi connectivity index (χ0n) is 10.7. The van der Waals surface area contributed by atoms with Crippen LogP contribution in [0.15, 0.2) is 60.7 Å². The van der Waals surface area contributed by atoms with Crippen LogP contribution in [0.4, 0.5) is 0 Å². The summed E-state index contributed by atoms with van der Waals surface area (Å²) in [6.45, 7) is 0. The zero-order valence-corrected chi connectivity index (χ0v) is 13.5. The van der Waals surface area contributed by atoms with Gasteiger partial charge in [0.25, 0.3) is 0 Å². The third-order valence-corrected chi connectivity index (χ3v) is 10.8. The normalized spacial score (nSPS) is 11.4. The Bertz CT molecular complexity index is 402. The summed E-state index contributed by atoms with van der Waals surface area (Å²) in [6, 6.07) is 21.9. The Morgan fingerprint density at radius 1 is 0.647 bits per heavy atom. The van der Waals surface area contributed by atoms with Crippen molar-refractivity contribution in [3.63, 3.8) is 0 Å². The predicted molar refractivity (Wildman–Crippen MR) is 77.8 cm³/mol. The van der Waals surface area contributed by atoms with E-state index in [0.717, 1.165) is 0 Å². The van der Waals surface area contributed by atoms with Crippen molar-refractivity contribution in [2.45, 2.75) is 18.8 Å². The Morgan fingerprint density at radius 2 is 1.00 bits per heavy atom. The van der Waals surface area contributed by atoms with E-state index in [2.05, 4.69) is 70.5 Å². The van der Waals surface area contributed by atoms with Gasteiger partial charge >= 0.3 is 109 Å². The van der Waals surface area contributed by atoms with E-state index in [1.165, 1.54) is 20.0 Å². The van der Waals surface area contributed by atoms with Gasteiger partial charge in [0.05, 0.1) is 0 Å². The van der Waals surface area contributed by atoms with E-state index in [0.29, 0.717) is 0 Å². The molecule has 0 saturated carbocycles. The summed E-state index contributed by atoms with van der Waals surface area (Å²) in [6.07, 6.45) is 0. The number of hydrogen-bond acceptors (Lipinski definition) is 0. The molecule has 0 nitrogen and oxygen atoms in total. The molecular weight excluding hydrogens is 311 g/mol. The second-order valence-electron chi connectivity index (χ2n) is 5.49. The van der Waals surface area contributed by atoms with Gasteiger partial charge < -0.3 is 0 Å². The van der Waals surface area contributed by atoms with Crippen LogP contribution < -0.4 is 0 Å². The molecule has 0 amide bonds. The van der Waals surface area contributed by atoms with E-state index >= 15 is 0 Å². The molecule has 0 bridgehead atoms. The van der Waals surface area contributed by atoms with Gasteiger partial charge in [-0.1, -0.05) is 0 Å². The molecule has 0 radical (unpaired) electrons. The van der Waals surface area contributed by atoms with Crippen molar-refractivity contribution >= 4 is 18.4 Å². The topological polar surface area (TPSA) is 0 Å². The fourth-order valence-corrected chi connectivity index (χ4v) is 10.4. The van der Waals surface area contributed by atoms with Gasteiger partial charge in [-0.25, -0.2) is 0 Å². The molecule has 0 fully saturated rings. The number of hydrogen-bond donors (Lipinski definition) is 0. The maximum absolute atomic E-state index is 2.55. The van der Waals surface area contributed by atoms with Crippen molar-refractivity contribution in [3.05, 3.63) is 71.8 Å². The fraction of sp³-hybridized carbons (Fsp3) is 0.250. The van der Waals surface area contributed by atoms with Crippen LogP contribution >= 0.6 is 0 Å². The molecule has 0 aliphatic rings. The molecule has 0 atom stereocenters. The molecule has 88 valence electrons. The van der Waals surface area contributed by atoms with Crippen LogP contribution in [0.1, 0.15) is 11.1 Å². The van der Waals surface area contributed by atoms with Crippen LogP contribution in [0.5, 0.6) is 0 Å². The summed E-state index contributed by atoms with van der Waals surface area (Å²) < 4.78 is 2.68. The van der Waals surface area contributed by atoms with Crippen LogP contribution in [0.25, 0.3) is 0 Å². The van der Waals surface area contributed by atoms with E-state index < -0.39 is 18.4 Å². The van der Waals surface area contributed by atoms with Crippen molar-refractivity contribution in [2.24, 2.45) is 0 Å². The Morgan fingerprint density at radius 3 is 1.35 bits per heavy atom. The quantitative estimate of drug-likeness (QED) is 0.735. The first-order chi connectivity index (χ1) is 8.16. The van der Waals surface area contributed by atoms with Crippen LogP contribution in [0.3, 0.4) is 0 Å². The van der Waals surface area contributed by atoms with Crippen molar-refractivity contribution in [2.75, 3.05) is 0 Å². The third kappa shape index (κ3) is 4.19. The molecule has 0 N–H and O–H groups in total. The summed E-state index contributed by atoms with van der Waals surface area (Å²) in [7, 11) is 0. The number of benzene rings is 2. The summed E-state index contributed by atoms with van der Waals surface area (Å²) in [5.41, 5.74) is 3.04. The molecule has 0 unspecified atom stereocenters. The van der Waals surface area contributed by atoms with Crippen molar-refractivity contribution < 1.29 is 0 Å². The first kappa shape index (κ1) is 12.7. The van der Waals surface area contributed by atoms with E-state index in [1.54, 1.807) is 0 Å². The van der Waals surface area contributed by atoms with Gasteiger partial charge in [0.1, 0.15) is 0 Å². The molecule has 2 aromatic rings. The van der Waals surface area contributed by atoms with Gasteiger partial charge in [0.15, 0.2) is 0 Å². The van der Waals surface area contributed by atoms with Crippen LogP contribution in [0, 0.1) is 0 Å². The predicted octanol–water partition coefficient (Wildman–Crippen LogP) is 4.26. The minimum atomic E-state index is -1.95. The molecular formula is C16H20Sn. The average molecular weight is 331 g/mol. The average Bonchev–Trinajstić information content (AvgIpc) is 2.30. The van der Waals surface area contributed by atoms with Crippen LogP contribution in [0.2, 0.25) is 9.88 Å². The van der Waals surface area contributed by atoms with E-state index in [1.807, 2.05) is 0 Å². The molecule has 0 aliphatic heterocycles. The second-order valence-corrected chi connectivity index (χ2v) is 19.9. The SMILES string of the molecule is [CH3][Sn]([CH3])([CH2]c1ccccc1)[CH2]c1ccccc1. The molecule has 0 heterocycles. The van der Waals surface area contributed by atoms with Gasteiger partial charge in [-0.3, -0.25) is 0 Å². The molecule has 2 rings (SSSR count). The van der Waals surface area contributed by atoms with Crippen LogP contribution in [-0.4, -0.2) is 18.4 Å². The third-order valence-electron chi connectivity index (χ3n) is 3.05. The Kier molecular flexibility index (Phi) is 4.27. The summed E-state index contributed by atoms with van der Waals surface area (Å²) in [4.78, 5) is 5.10. The van der Waals surface area contributed by atoms with Crippen LogP contribution in [-0.2, 0) is 8.87 Å². The van der Waals surface area contributed by atoms with E-state index in [4.69, 9.17) is 0 Å². The molecule has 0 aliphatic carbocycles. The van der Waals surface area contributed by atoms with E-state index in [9.17, 15) is 0 Å². The van der Waals surface area contributed by atoms with E-state index in [-0.39, 0.29) is 0 Å². The molecule has 1 heteroatoms. The first-order valence-corrected chi connectivity index (χ1v) is 16.0. The summed E-state index contributed by atoms with van der Waals surface area (Å²) >= 11 is -1.95. The molecule has 2 aromatic carbocycles. The molecule has 17 heavy (non-hydrogen) atoms. The Hall–Kier alpha value is -0.761. The Balaban J connectivity index is 2.04. The second kappa shape index (κ2) is 5.72. The maximum atomic E-state index is 2.55. The monoisotopic (exact) mass is 332 g/mol. The first-order valence-electron chi connectivity index (χ1n) is 6.24. The Labute approximate surface area is 109 Å². The number of rotatable bonds is 4. The van der Waals surface area contributed by atoms with Gasteiger partial charge in [-0.05, 0) is 0 Å². The van der Waals surface area contributed by atoms with Crippen molar-refractivity contribution in [3.8, 4) is 0 Å². The zero-order chi connectivity index (χ0) is 12.1. The summed E-state index contributed by atoms with van der Waals surface area (Å²) in [5.74, 6) is 0. The molecule has 0 aromatic heterocycles. The van der Waals surface area contributed by atoms with Gasteiger partial charge in [-0.15, -0.1) is 0 Å². The van der Waals surface area contributed by atoms with Gasteiger partial charge in [0, 0.05) is 0 Å². The standard InChI is InChI=1S/2C7H7.2CH3.Sn/c2*1-7-5-3-2-4-6-7;;;/h2*2-6H,1H2;2*1H3;. The van der Waals surface area contributed by atoms with Gasteiger partial charge in [-0.2, -0.15) is 0 Å². The van der Waals surface area contributed by atoms with Gasteiger partial charge in [0.2, 0.25) is 0 Å². The molecule has 0 saturated heterocycles. The molecule has 0 spiro atoms. The van der Waals surface area contributed by atoms with Crippen molar-refractivity contribution in [1.82, 2.24) is 0 Å². The minimum absolute atomic E-state index is 1.34. The fourth-order valence-electron chi connectivity index (χ4n) is 2.36.